The van der Waals surface area contributed by atoms with Crippen LogP contribution in [0.4, 0.5) is 13.2 Å². The van der Waals surface area contributed by atoms with Gasteiger partial charge in [-0.1, -0.05) is 35.4 Å². The average molecular weight is 394 g/mol. The Kier molecular flexibility index (Phi) is 4.63. The molecule has 0 spiro atoms. The fourth-order valence-electron chi connectivity index (χ4n) is 2.87. The fraction of sp³-hybridized carbons (Fsp3) is 0.211. The molecule has 0 bridgehead atoms. The average Bonchev–Trinajstić information content (AvgIpc) is 3.01. The van der Waals surface area contributed by atoms with E-state index in [1.165, 1.54) is 30.3 Å². The summed E-state index contributed by atoms with van der Waals surface area (Å²) in [5.74, 6) is 0. The maximum Gasteiger partial charge on any atom is 0.434 e. The SMILES string of the molecule is Cc1ccc(S(=O)(=O)c2ncn(-c3ccc(C)cc3C)c2C(F)(F)F)cc1. The van der Waals surface area contributed by atoms with Crippen LogP contribution in [0.3, 0.4) is 0 Å². The molecule has 27 heavy (non-hydrogen) atoms. The van der Waals surface area contributed by atoms with Crippen LogP contribution in [0.15, 0.2) is 58.7 Å². The zero-order chi connectivity index (χ0) is 20.0. The van der Waals surface area contributed by atoms with E-state index in [-0.39, 0.29) is 10.6 Å². The molecule has 0 aliphatic carbocycles. The van der Waals surface area contributed by atoms with Gasteiger partial charge in [0.05, 0.1) is 10.6 Å². The van der Waals surface area contributed by atoms with Gasteiger partial charge in [0.25, 0.3) is 0 Å². The van der Waals surface area contributed by atoms with Crippen molar-refractivity contribution in [1.82, 2.24) is 9.55 Å². The van der Waals surface area contributed by atoms with Crippen LogP contribution in [0.1, 0.15) is 22.4 Å². The number of aromatic nitrogens is 2. The Morgan fingerprint density at radius 2 is 1.52 bits per heavy atom. The van der Waals surface area contributed by atoms with Crippen LogP contribution in [0.5, 0.6) is 0 Å². The highest BCUT2D eigenvalue weighted by molar-refractivity contribution is 7.91. The molecule has 0 saturated carbocycles. The Hall–Kier alpha value is -2.61. The highest BCUT2D eigenvalue weighted by Gasteiger charge is 2.43. The van der Waals surface area contributed by atoms with Gasteiger partial charge in [0.15, 0.2) is 10.7 Å². The quantitative estimate of drug-likeness (QED) is 0.650. The van der Waals surface area contributed by atoms with Gasteiger partial charge in [-0.15, -0.1) is 0 Å². The zero-order valence-electron chi connectivity index (χ0n) is 14.9. The second-order valence-corrected chi connectivity index (χ2v) is 8.24. The Morgan fingerprint density at radius 1 is 0.926 bits per heavy atom. The van der Waals surface area contributed by atoms with Gasteiger partial charge in [0.1, 0.15) is 6.33 Å². The lowest BCUT2D eigenvalue weighted by Crippen LogP contribution is -2.17. The molecule has 0 radical (unpaired) electrons. The summed E-state index contributed by atoms with van der Waals surface area (Å²) in [6, 6.07) is 10.5. The van der Waals surface area contributed by atoms with E-state index in [0.29, 0.717) is 5.56 Å². The van der Waals surface area contributed by atoms with Gasteiger partial charge >= 0.3 is 6.18 Å². The first kappa shape index (κ1) is 19.2. The largest absolute Gasteiger partial charge is 0.434 e. The second-order valence-electron chi connectivity index (χ2n) is 6.37. The molecule has 0 atom stereocenters. The number of alkyl halides is 3. The van der Waals surface area contributed by atoms with E-state index in [4.69, 9.17) is 0 Å². The van der Waals surface area contributed by atoms with Crippen LogP contribution in [0.25, 0.3) is 5.69 Å². The van der Waals surface area contributed by atoms with Gasteiger partial charge in [0, 0.05) is 0 Å². The summed E-state index contributed by atoms with van der Waals surface area (Å²) in [7, 11) is -4.43. The summed E-state index contributed by atoms with van der Waals surface area (Å²) in [6.45, 7) is 5.24. The summed E-state index contributed by atoms with van der Waals surface area (Å²) in [5, 5.41) is -1.00. The third-order valence-electron chi connectivity index (χ3n) is 4.20. The minimum Gasteiger partial charge on any atom is -0.294 e. The van der Waals surface area contributed by atoms with Crippen molar-refractivity contribution in [2.24, 2.45) is 0 Å². The van der Waals surface area contributed by atoms with Gasteiger partial charge in [-0.25, -0.2) is 13.4 Å². The van der Waals surface area contributed by atoms with Crippen molar-refractivity contribution in [3.8, 4) is 5.69 Å². The normalized spacial score (nSPS) is 12.4. The molecule has 1 aromatic heterocycles. The van der Waals surface area contributed by atoms with Crippen molar-refractivity contribution in [1.29, 1.82) is 0 Å². The third-order valence-corrected chi connectivity index (χ3v) is 5.90. The lowest BCUT2D eigenvalue weighted by Gasteiger charge is -2.15. The molecule has 1 heterocycles. The Bertz CT molecular complexity index is 1100. The number of hydrogen-bond acceptors (Lipinski definition) is 3. The number of sulfone groups is 1. The lowest BCUT2D eigenvalue weighted by atomic mass is 10.1. The van der Waals surface area contributed by atoms with Crippen LogP contribution in [-0.2, 0) is 16.0 Å². The topological polar surface area (TPSA) is 52.0 Å². The molecule has 0 aliphatic heterocycles. The molecule has 3 rings (SSSR count). The molecule has 4 nitrogen and oxygen atoms in total. The maximum atomic E-state index is 13.8. The predicted molar refractivity (Wildman–Crippen MR) is 94.7 cm³/mol. The molecule has 142 valence electrons. The van der Waals surface area contributed by atoms with E-state index < -0.39 is 26.7 Å². The smallest absolute Gasteiger partial charge is 0.294 e. The van der Waals surface area contributed by atoms with Crippen LogP contribution < -0.4 is 0 Å². The van der Waals surface area contributed by atoms with Gasteiger partial charge < -0.3 is 0 Å². The molecule has 2 aromatic carbocycles. The van der Waals surface area contributed by atoms with Crippen molar-refractivity contribution >= 4 is 9.84 Å². The highest BCUT2D eigenvalue weighted by Crippen LogP contribution is 2.37. The number of aryl methyl sites for hydroxylation is 3. The van der Waals surface area contributed by atoms with E-state index in [1.54, 1.807) is 26.0 Å². The second kappa shape index (κ2) is 6.53. The van der Waals surface area contributed by atoms with Gasteiger partial charge in [-0.05, 0) is 44.5 Å². The monoisotopic (exact) mass is 394 g/mol. The van der Waals surface area contributed by atoms with Gasteiger partial charge in [0.2, 0.25) is 9.84 Å². The minimum atomic E-state index is -4.90. The summed E-state index contributed by atoms with van der Waals surface area (Å²) in [6.07, 6.45) is -4.00. The number of benzene rings is 2. The first-order chi connectivity index (χ1) is 12.5. The van der Waals surface area contributed by atoms with Crippen molar-refractivity contribution in [2.45, 2.75) is 36.9 Å². The molecule has 0 aliphatic rings. The van der Waals surface area contributed by atoms with Crippen molar-refractivity contribution in [3.05, 3.63) is 71.2 Å². The predicted octanol–water partition coefficient (Wildman–Crippen LogP) is 4.65. The summed E-state index contributed by atoms with van der Waals surface area (Å²) in [5.41, 5.74) is 1.18. The fourth-order valence-corrected chi connectivity index (χ4v) is 4.25. The molecule has 0 N–H and O–H groups in total. The van der Waals surface area contributed by atoms with E-state index in [2.05, 4.69) is 4.98 Å². The Balaban J connectivity index is 2.27. The minimum absolute atomic E-state index is 0.228. The number of rotatable bonds is 3. The van der Waals surface area contributed by atoms with Crippen LogP contribution >= 0.6 is 0 Å². The summed E-state index contributed by atoms with van der Waals surface area (Å²) in [4.78, 5) is 3.42. The first-order valence-electron chi connectivity index (χ1n) is 8.06. The Labute approximate surface area is 155 Å². The number of halogens is 3. The number of hydrogen-bond donors (Lipinski definition) is 0. The number of imidazole rings is 1. The summed E-state index contributed by atoms with van der Waals surface area (Å²) < 4.78 is 67.9. The number of nitrogens with zero attached hydrogens (tertiary/aromatic N) is 2. The van der Waals surface area contributed by atoms with Crippen LogP contribution in [0.2, 0.25) is 0 Å². The van der Waals surface area contributed by atoms with E-state index in [1.807, 2.05) is 6.92 Å². The molecular weight excluding hydrogens is 377 g/mol. The molecule has 3 aromatic rings. The van der Waals surface area contributed by atoms with Gasteiger partial charge in [-0.3, -0.25) is 4.57 Å². The molecule has 8 heteroatoms. The van der Waals surface area contributed by atoms with Crippen molar-refractivity contribution in [3.63, 3.8) is 0 Å². The van der Waals surface area contributed by atoms with Crippen LogP contribution in [0, 0.1) is 20.8 Å². The first-order valence-corrected chi connectivity index (χ1v) is 9.54. The van der Waals surface area contributed by atoms with E-state index in [9.17, 15) is 21.6 Å². The van der Waals surface area contributed by atoms with Crippen LogP contribution in [-0.4, -0.2) is 18.0 Å². The molecular formula is C19H17F3N2O2S. The molecule has 0 fully saturated rings. The third kappa shape index (κ3) is 3.49. The van der Waals surface area contributed by atoms with Gasteiger partial charge in [-0.2, -0.15) is 13.2 Å². The highest BCUT2D eigenvalue weighted by atomic mass is 32.2. The van der Waals surface area contributed by atoms with E-state index >= 15 is 0 Å². The molecule has 0 amide bonds. The van der Waals surface area contributed by atoms with E-state index in [0.717, 1.165) is 22.0 Å². The lowest BCUT2D eigenvalue weighted by molar-refractivity contribution is -0.144. The summed E-state index contributed by atoms with van der Waals surface area (Å²) >= 11 is 0. The standard InChI is InChI=1S/C19H17F3N2O2S/c1-12-4-7-15(8-5-12)27(25,26)18-17(19(20,21)22)24(11-23-18)16-9-6-13(2)10-14(16)3/h4-11H,1-3H3. The molecule has 0 saturated heterocycles. The van der Waals surface area contributed by atoms with Crippen molar-refractivity contribution in [2.75, 3.05) is 0 Å². The molecule has 0 unspecified atom stereocenters. The maximum absolute atomic E-state index is 13.8. The zero-order valence-corrected chi connectivity index (χ0v) is 15.7. The Morgan fingerprint density at radius 3 is 2.07 bits per heavy atom. The van der Waals surface area contributed by atoms with Crippen molar-refractivity contribution < 1.29 is 21.6 Å².